The summed E-state index contributed by atoms with van der Waals surface area (Å²) in [5.41, 5.74) is 1.60. The zero-order valence-electron chi connectivity index (χ0n) is 9.57. The molecule has 0 aliphatic heterocycles. The van der Waals surface area contributed by atoms with Gasteiger partial charge in [-0.15, -0.1) is 11.3 Å². The Labute approximate surface area is 109 Å². The lowest BCUT2D eigenvalue weighted by molar-refractivity contribution is 0.566. The molecule has 4 heteroatoms. The Morgan fingerprint density at radius 3 is 2.88 bits per heavy atom. The largest absolute Gasteiger partial charge is 0.382 e. The molecular formula is C13H11ClN2S. The van der Waals surface area contributed by atoms with Gasteiger partial charge < -0.3 is 4.90 Å². The van der Waals surface area contributed by atoms with Crippen LogP contribution in [0.15, 0.2) is 29.8 Å². The maximum atomic E-state index is 9.20. The molecule has 0 amide bonds. The van der Waals surface area contributed by atoms with Crippen molar-refractivity contribution >= 4 is 38.6 Å². The molecule has 1 aromatic carbocycles. The second kappa shape index (κ2) is 4.79. The first-order valence-electron chi connectivity index (χ1n) is 5.07. The molecular weight excluding hydrogens is 252 g/mol. The standard InChI is InChI=1S/C13H11ClN2S/c1-16(2)7-9(6-15)12-8-17-13-4-3-10(14)5-11(12)13/h3-5,7-8H,1-2H3/b9-7+. The van der Waals surface area contributed by atoms with Crippen LogP contribution in [0.5, 0.6) is 0 Å². The lowest BCUT2D eigenvalue weighted by Gasteiger charge is -2.06. The highest BCUT2D eigenvalue weighted by atomic mass is 35.5. The van der Waals surface area contributed by atoms with Crippen LogP contribution in [0.2, 0.25) is 5.02 Å². The molecule has 1 aromatic heterocycles. The summed E-state index contributed by atoms with van der Waals surface area (Å²) < 4.78 is 1.14. The zero-order chi connectivity index (χ0) is 12.4. The summed E-state index contributed by atoms with van der Waals surface area (Å²) >= 11 is 7.62. The number of nitrogens with zero attached hydrogens (tertiary/aromatic N) is 2. The van der Waals surface area contributed by atoms with Crippen LogP contribution in [0.4, 0.5) is 0 Å². The Morgan fingerprint density at radius 1 is 1.47 bits per heavy atom. The van der Waals surface area contributed by atoms with Gasteiger partial charge in [0.05, 0.1) is 5.57 Å². The lowest BCUT2D eigenvalue weighted by Crippen LogP contribution is -2.01. The van der Waals surface area contributed by atoms with Gasteiger partial charge in [0, 0.05) is 46.3 Å². The predicted octanol–water partition coefficient (Wildman–Crippen LogP) is 3.98. The van der Waals surface area contributed by atoms with Crippen molar-refractivity contribution in [2.75, 3.05) is 14.1 Å². The monoisotopic (exact) mass is 262 g/mol. The summed E-state index contributed by atoms with van der Waals surface area (Å²) in [6, 6.07) is 7.99. The topological polar surface area (TPSA) is 27.0 Å². The first kappa shape index (κ1) is 12.0. The molecule has 0 unspecified atom stereocenters. The van der Waals surface area contributed by atoms with Crippen molar-refractivity contribution in [2.24, 2.45) is 0 Å². The Kier molecular flexibility index (Phi) is 3.37. The molecule has 0 radical (unpaired) electrons. The number of allylic oxidation sites excluding steroid dienone is 1. The molecule has 0 saturated heterocycles. The van der Waals surface area contributed by atoms with Gasteiger partial charge in [-0.3, -0.25) is 0 Å². The van der Waals surface area contributed by atoms with Crippen molar-refractivity contribution in [1.29, 1.82) is 5.26 Å². The van der Waals surface area contributed by atoms with Crippen molar-refractivity contribution in [3.05, 3.63) is 40.4 Å². The van der Waals surface area contributed by atoms with Crippen molar-refractivity contribution in [3.8, 4) is 6.07 Å². The van der Waals surface area contributed by atoms with Crippen LogP contribution >= 0.6 is 22.9 Å². The molecule has 2 nitrogen and oxygen atoms in total. The minimum absolute atomic E-state index is 0.656. The number of hydrogen-bond donors (Lipinski definition) is 0. The number of nitriles is 1. The van der Waals surface area contributed by atoms with Crippen LogP contribution in [0.1, 0.15) is 5.56 Å². The highest BCUT2D eigenvalue weighted by Crippen LogP contribution is 2.32. The quantitative estimate of drug-likeness (QED) is 0.766. The van der Waals surface area contributed by atoms with E-state index in [1.165, 1.54) is 0 Å². The SMILES string of the molecule is CN(C)/C=C(\C#N)c1csc2ccc(Cl)cc12. The van der Waals surface area contributed by atoms with Gasteiger partial charge in [0.1, 0.15) is 6.07 Å². The van der Waals surface area contributed by atoms with Crippen molar-refractivity contribution in [2.45, 2.75) is 0 Å². The van der Waals surface area contributed by atoms with E-state index in [0.29, 0.717) is 10.6 Å². The molecule has 0 atom stereocenters. The molecule has 0 spiro atoms. The van der Waals surface area contributed by atoms with E-state index in [9.17, 15) is 5.26 Å². The van der Waals surface area contributed by atoms with E-state index in [-0.39, 0.29) is 0 Å². The number of rotatable bonds is 2. The Balaban J connectivity index is 2.63. The van der Waals surface area contributed by atoms with Gasteiger partial charge in [0.25, 0.3) is 0 Å². The summed E-state index contributed by atoms with van der Waals surface area (Å²) in [7, 11) is 3.80. The molecule has 17 heavy (non-hydrogen) atoms. The van der Waals surface area contributed by atoms with Gasteiger partial charge in [-0.1, -0.05) is 11.6 Å². The summed E-state index contributed by atoms with van der Waals surface area (Å²) in [4.78, 5) is 1.87. The van der Waals surface area contributed by atoms with E-state index < -0.39 is 0 Å². The van der Waals surface area contributed by atoms with Crippen LogP contribution < -0.4 is 0 Å². The minimum atomic E-state index is 0.656. The third kappa shape index (κ3) is 2.44. The summed E-state index contributed by atoms with van der Waals surface area (Å²) in [6.07, 6.45) is 1.82. The zero-order valence-corrected chi connectivity index (χ0v) is 11.1. The fourth-order valence-electron chi connectivity index (χ4n) is 1.63. The average molecular weight is 263 g/mol. The van der Waals surface area contributed by atoms with Crippen LogP contribution in [-0.4, -0.2) is 19.0 Å². The Bertz CT molecular complexity index is 620. The molecule has 86 valence electrons. The van der Waals surface area contributed by atoms with Crippen LogP contribution in [0, 0.1) is 11.3 Å². The molecule has 0 bridgehead atoms. The molecule has 0 fully saturated rings. The number of fused-ring (bicyclic) bond motifs is 1. The fourth-order valence-corrected chi connectivity index (χ4v) is 2.74. The van der Waals surface area contributed by atoms with E-state index in [2.05, 4.69) is 6.07 Å². The molecule has 2 aromatic rings. The van der Waals surface area contributed by atoms with Gasteiger partial charge in [0.2, 0.25) is 0 Å². The van der Waals surface area contributed by atoms with E-state index in [1.54, 1.807) is 11.3 Å². The molecule has 1 heterocycles. The normalized spacial score (nSPS) is 11.5. The van der Waals surface area contributed by atoms with Gasteiger partial charge in [-0.2, -0.15) is 5.26 Å². The van der Waals surface area contributed by atoms with Crippen molar-refractivity contribution in [3.63, 3.8) is 0 Å². The van der Waals surface area contributed by atoms with Crippen molar-refractivity contribution in [1.82, 2.24) is 4.90 Å². The number of benzene rings is 1. The van der Waals surface area contributed by atoms with Crippen molar-refractivity contribution < 1.29 is 0 Å². The lowest BCUT2D eigenvalue weighted by atomic mass is 10.1. The second-order valence-corrected chi connectivity index (χ2v) is 5.26. The number of halogens is 1. The predicted molar refractivity (Wildman–Crippen MR) is 74.1 cm³/mol. The maximum Gasteiger partial charge on any atom is 0.101 e. The third-order valence-corrected chi connectivity index (χ3v) is 3.53. The summed E-state index contributed by atoms with van der Waals surface area (Å²) in [5, 5.41) is 12.9. The van der Waals surface area contributed by atoms with Crippen LogP contribution in [0.3, 0.4) is 0 Å². The maximum absolute atomic E-state index is 9.20. The van der Waals surface area contributed by atoms with Crippen LogP contribution in [0.25, 0.3) is 15.7 Å². The Hall–Kier alpha value is -1.50. The molecule has 2 rings (SSSR count). The van der Waals surface area contributed by atoms with Gasteiger partial charge in [-0.25, -0.2) is 0 Å². The molecule has 0 saturated carbocycles. The molecule has 0 aliphatic rings. The summed E-state index contributed by atoms with van der Waals surface area (Å²) in [6.45, 7) is 0. The van der Waals surface area contributed by atoms with Gasteiger partial charge >= 0.3 is 0 Å². The Morgan fingerprint density at radius 2 is 2.24 bits per heavy atom. The van der Waals surface area contributed by atoms with Gasteiger partial charge in [0.15, 0.2) is 0 Å². The van der Waals surface area contributed by atoms with E-state index >= 15 is 0 Å². The first-order chi connectivity index (χ1) is 8.11. The fraction of sp³-hybridized carbons (Fsp3) is 0.154. The highest BCUT2D eigenvalue weighted by Gasteiger charge is 2.09. The smallest absolute Gasteiger partial charge is 0.101 e. The summed E-state index contributed by atoms with van der Waals surface area (Å²) in [5.74, 6) is 0. The molecule has 0 N–H and O–H groups in total. The van der Waals surface area contributed by atoms with E-state index in [4.69, 9.17) is 11.6 Å². The average Bonchev–Trinajstić information content (AvgIpc) is 2.68. The number of thiophene rings is 1. The van der Waals surface area contributed by atoms with Crippen LogP contribution in [-0.2, 0) is 0 Å². The third-order valence-electron chi connectivity index (χ3n) is 2.33. The van der Waals surface area contributed by atoms with E-state index in [0.717, 1.165) is 15.6 Å². The molecule has 0 aliphatic carbocycles. The highest BCUT2D eigenvalue weighted by molar-refractivity contribution is 7.17. The first-order valence-corrected chi connectivity index (χ1v) is 6.33. The minimum Gasteiger partial charge on any atom is -0.382 e. The second-order valence-electron chi connectivity index (χ2n) is 3.91. The van der Waals surface area contributed by atoms with Gasteiger partial charge in [-0.05, 0) is 18.2 Å². The number of hydrogen-bond acceptors (Lipinski definition) is 3. The van der Waals surface area contributed by atoms with E-state index in [1.807, 2.05) is 48.8 Å².